The second kappa shape index (κ2) is 8.14. The minimum Gasteiger partial charge on any atom is -0.372 e. The van der Waals surface area contributed by atoms with Gasteiger partial charge in [-0.15, -0.1) is 0 Å². The molecule has 0 saturated heterocycles. The van der Waals surface area contributed by atoms with Crippen molar-refractivity contribution in [1.29, 1.82) is 0 Å². The van der Waals surface area contributed by atoms with E-state index in [9.17, 15) is 4.79 Å². The molecule has 0 unspecified atom stereocenters. The van der Waals surface area contributed by atoms with Gasteiger partial charge in [-0.25, -0.2) is 4.98 Å². The normalized spacial score (nSPS) is 12.9. The van der Waals surface area contributed by atoms with Gasteiger partial charge >= 0.3 is 0 Å². The second-order valence-corrected chi connectivity index (χ2v) is 8.38. The number of nitrogens with zero attached hydrogens (tertiary/aromatic N) is 4. The third-order valence-corrected chi connectivity index (χ3v) is 5.84. The highest BCUT2D eigenvalue weighted by Gasteiger charge is 2.21. The standard InChI is InChI=1S/C20H20ClN5O2S/c1-26(2)15(27)6-7-29-20-24-18(23-19(22)25-20)17-13-5-3-4-11-9-28-10-12(16(11)13)8-14(17)21/h3-5,8H,6-7,9-10H2,1-2H3,(H2,22,23,24,25). The molecule has 0 aliphatic carbocycles. The van der Waals surface area contributed by atoms with Crippen molar-refractivity contribution in [2.75, 3.05) is 25.6 Å². The van der Waals surface area contributed by atoms with Gasteiger partial charge in [0, 0.05) is 31.8 Å². The van der Waals surface area contributed by atoms with E-state index in [1.54, 1.807) is 19.0 Å². The summed E-state index contributed by atoms with van der Waals surface area (Å²) in [4.78, 5) is 26.5. The van der Waals surface area contributed by atoms with Crippen LogP contribution in [0, 0.1) is 0 Å². The van der Waals surface area contributed by atoms with E-state index in [1.165, 1.54) is 11.8 Å². The van der Waals surface area contributed by atoms with Crippen LogP contribution < -0.4 is 5.73 Å². The van der Waals surface area contributed by atoms with Gasteiger partial charge in [0.05, 0.1) is 18.2 Å². The average molecular weight is 430 g/mol. The van der Waals surface area contributed by atoms with E-state index in [-0.39, 0.29) is 11.9 Å². The molecule has 0 fully saturated rings. The van der Waals surface area contributed by atoms with Crippen molar-refractivity contribution in [3.05, 3.63) is 40.4 Å². The quantitative estimate of drug-likeness (QED) is 0.620. The van der Waals surface area contributed by atoms with Crippen LogP contribution in [0.1, 0.15) is 17.5 Å². The van der Waals surface area contributed by atoms with Gasteiger partial charge < -0.3 is 15.4 Å². The Balaban J connectivity index is 1.73. The molecule has 0 spiro atoms. The van der Waals surface area contributed by atoms with E-state index in [2.05, 4.69) is 15.0 Å². The molecule has 150 valence electrons. The monoisotopic (exact) mass is 429 g/mol. The first-order chi connectivity index (χ1) is 13.9. The number of ether oxygens (including phenoxy) is 1. The minimum absolute atomic E-state index is 0.0496. The molecule has 1 aliphatic rings. The Morgan fingerprint density at radius 1 is 1.24 bits per heavy atom. The van der Waals surface area contributed by atoms with E-state index in [4.69, 9.17) is 22.1 Å². The summed E-state index contributed by atoms with van der Waals surface area (Å²) < 4.78 is 5.65. The van der Waals surface area contributed by atoms with Crippen LogP contribution in [0.15, 0.2) is 29.4 Å². The molecule has 7 nitrogen and oxygen atoms in total. The number of hydrogen-bond acceptors (Lipinski definition) is 7. The molecule has 1 aromatic heterocycles. The van der Waals surface area contributed by atoms with E-state index in [0.717, 1.165) is 27.5 Å². The van der Waals surface area contributed by atoms with Crippen LogP contribution in [0.2, 0.25) is 5.02 Å². The Labute approximate surface area is 177 Å². The Bertz CT molecular complexity index is 1110. The van der Waals surface area contributed by atoms with Gasteiger partial charge in [-0.1, -0.05) is 41.6 Å². The lowest BCUT2D eigenvalue weighted by atomic mass is 9.94. The van der Waals surface area contributed by atoms with Crippen molar-refractivity contribution in [2.24, 2.45) is 0 Å². The lowest BCUT2D eigenvalue weighted by Gasteiger charge is -2.20. The zero-order valence-electron chi connectivity index (χ0n) is 16.1. The maximum atomic E-state index is 11.8. The summed E-state index contributed by atoms with van der Waals surface area (Å²) in [5, 5.41) is 3.11. The first kappa shape index (κ1) is 19.9. The molecule has 0 bridgehead atoms. The van der Waals surface area contributed by atoms with Crippen LogP contribution in [0.25, 0.3) is 22.2 Å². The van der Waals surface area contributed by atoms with Gasteiger partial charge in [-0.3, -0.25) is 4.79 Å². The Morgan fingerprint density at radius 2 is 2.03 bits per heavy atom. The third kappa shape index (κ3) is 4.01. The van der Waals surface area contributed by atoms with Crippen molar-refractivity contribution in [1.82, 2.24) is 19.9 Å². The van der Waals surface area contributed by atoms with Crippen molar-refractivity contribution in [2.45, 2.75) is 24.8 Å². The highest BCUT2D eigenvalue weighted by atomic mass is 35.5. The van der Waals surface area contributed by atoms with Crippen molar-refractivity contribution >= 4 is 46.0 Å². The number of thioether (sulfide) groups is 1. The lowest BCUT2D eigenvalue weighted by molar-refractivity contribution is -0.128. The minimum atomic E-state index is 0.0496. The Morgan fingerprint density at radius 3 is 2.83 bits per heavy atom. The molecule has 2 N–H and O–H groups in total. The number of aromatic nitrogens is 3. The summed E-state index contributed by atoms with van der Waals surface area (Å²) in [7, 11) is 3.47. The summed E-state index contributed by atoms with van der Waals surface area (Å²) in [6.07, 6.45) is 0.389. The molecule has 2 aromatic carbocycles. The van der Waals surface area contributed by atoms with Crippen LogP contribution >= 0.6 is 23.4 Å². The summed E-state index contributed by atoms with van der Waals surface area (Å²) in [5.41, 5.74) is 8.85. The molecule has 9 heteroatoms. The number of hydrogen-bond donors (Lipinski definition) is 1. The third-order valence-electron chi connectivity index (χ3n) is 4.70. The smallest absolute Gasteiger partial charge is 0.224 e. The average Bonchev–Trinajstić information content (AvgIpc) is 2.67. The lowest BCUT2D eigenvalue weighted by Crippen LogP contribution is -2.21. The number of halogens is 1. The number of carbonyl (C=O) groups excluding carboxylic acids is 1. The Kier molecular flexibility index (Phi) is 5.58. The van der Waals surface area contributed by atoms with Crippen LogP contribution in [0.3, 0.4) is 0 Å². The molecule has 1 amide bonds. The maximum Gasteiger partial charge on any atom is 0.224 e. The van der Waals surface area contributed by atoms with Gasteiger partial charge in [-0.05, 0) is 28.0 Å². The molecule has 1 aliphatic heterocycles. The highest BCUT2D eigenvalue weighted by molar-refractivity contribution is 7.99. The molecular formula is C20H20ClN5O2S. The van der Waals surface area contributed by atoms with Crippen molar-refractivity contribution < 1.29 is 9.53 Å². The molecule has 4 rings (SSSR count). The molecule has 3 aromatic rings. The van der Waals surface area contributed by atoms with Gasteiger partial charge in [0.25, 0.3) is 0 Å². The van der Waals surface area contributed by atoms with Crippen LogP contribution in [-0.2, 0) is 22.7 Å². The van der Waals surface area contributed by atoms with E-state index < -0.39 is 0 Å². The first-order valence-corrected chi connectivity index (χ1v) is 10.5. The highest BCUT2D eigenvalue weighted by Crippen LogP contribution is 2.39. The summed E-state index contributed by atoms with van der Waals surface area (Å²) in [6.45, 7) is 1.08. The molecule has 29 heavy (non-hydrogen) atoms. The van der Waals surface area contributed by atoms with Crippen LogP contribution in [-0.4, -0.2) is 45.6 Å². The molecule has 2 heterocycles. The fourth-order valence-corrected chi connectivity index (χ4v) is 4.43. The predicted octanol–water partition coefficient (Wildman–Crippen LogP) is 3.53. The van der Waals surface area contributed by atoms with Gasteiger partial charge in [0.2, 0.25) is 11.9 Å². The number of carbonyl (C=O) groups is 1. The first-order valence-electron chi connectivity index (χ1n) is 9.09. The number of anilines is 1. The number of nitrogen functional groups attached to an aromatic ring is 1. The zero-order chi connectivity index (χ0) is 20.5. The number of benzene rings is 2. The summed E-state index contributed by atoms with van der Waals surface area (Å²) in [5.74, 6) is 1.15. The van der Waals surface area contributed by atoms with Gasteiger partial charge in [-0.2, -0.15) is 9.97 Å². The van der Waals surface area contributed by atoms with Crippen LogP contribution in [0.5, 0.6) is 0 Å². The van der Waals surface area contributed by atoms with Gasteiger partial charge in [0.15, 0.2) is 11.0 Å². The topological polar surface area (TPSA) is 94.2 Å². The summed E-state index contributed by atoms with van der Waals surface area (Å²) in [6, 6.07) is 7.94. The number of rotatable bonds is 5. The molecule has 0 atom stereocenters. The van der Waals surface area contributed by atoms with Crippen molar-refractivity contribution in [3.63, 3.8) is 0 Å². The molecular weight excluding hydrogens is 410 g/mol. The van der Waals surface area contributed by atoms with Crippen LogP contribution in [0.4, 0.5) is 5.95 Å². The largest absolute Gasteiger partial charge is 0.372 e. The number of nitrogens with two attached hydrogens (primary N) is 1. The van der Waals surface area contributed by atoms with Crippen molar-refractivity contribution in [3.8, 4) is 11.4 Å². The van der Waals surface area contributed by atoms with E-state index in [0.29, 0.717) is 41.4 Å². The fraction of sp³-hybridized carbons (Fsp3) is 0.300. The van der Waals surface area contributed by atoms with Gasteiger partial charge in [0.1, 0.15) is 0 Å². The summed E-state index contributed by atoms with van der Waals surface area (Å²) >= 11 is 8.00. The zero-order valence-corrected chi connectivity index (χ0v) is 17.7. The molecule has 0 saturated carbocycles. The predicted molar refractivity (Wildman–Crippen MR) is 115 cm³/mol. The fourth-order valence-electron chi connectivity index (χ4n) is 3.35. The molecule has 0 radical (unpaired) electrons. The number of amides is 1. The second-order valence-electron chi connectivity index (χ2n) is 6.91. The maximum absolute atomic E-state index is 11.8. The van der Waals surface area contributed by atoms with E-state index >= 15 is 0 Å². The van der Waals surface area contributed by atoms with E-state index in [1.807, 2.05) is 24.3 Å². The SMILES string of the molecule is CN(C)C(=O)CCSc1nc(N)nc(-c2c(Cl)cc3c4c(cccc24)COC3)n1. The Hall–Kier alpha value is -2.42.